The Balaban J connectivity index is 2.38. The fourth-order valence-corrected chi connectivity index (χ4v) is 2.87. The second-order valence-electron chi connectivity index (χ2n) is 4.68. The first-order chi connectivity index (χ1) is 9.79. The summed E-state index contributed by atoms with van der Waals surface area (Å²) < 4.78 is 26.9. The number of nitrogens with zero attached hydrogens (tertiary/aromatic N) is 1. The highest BCUT2D eigenvalue weighted by atomic mass is 32.2. The van der Waals surface area contributed by atoms with Crippen LogP contribution in [0.1, 0.15) is 11.1 Å². The zero-order chi connectivity index (χ0) is 15.6. The Bertz CT molecular complexity index is 783. The van der Waals surface area contributed by atoms with E-state index in [1.54, 1.807) is 31.2 Å². The van der Waals surface area contributed by atoms with Gasteiger partial charge in [-0.05, 0) is 32.0 Å². The smallest absolute Gasteiger partial charge is 0.273 e. The Labute approximate surface area is 122 Å². The predicted octanol–water partition coefficient (Wildman–Crippen LogP) is 3.01. The van der Waals surface area contributed by atoms with Crippen LogP contribution in [0, 0.1) is 24.0 Å². The molecule has 1 N–H and O–H groups in total. The molecule has 21 heavy (non-hydrogen) atoms. The van der Waals surface area contributed by atoms with Crippen molar-refractivity contribution in [3.63, 3.8) is 0 Å². The topological polar surface area (TPSA) is 89.3 Å². The average Bonchev–Trinajstić information content (AvgIpc) is 2.41. The summed E-state index contributed by atoms with van der Waals surface area (Å²) in [7, 11) is -3.85. The number of aryl methyl sites for hydroxylation is 2. The lowest BCUT2D eigenvalue weighted by Crippen LogP contribution is -2.13. The number of hydrogen-bond acceptors (Lipinski definition) is 4. The van der Waals surface area contributed by atoms with Crippen molar-refractivity contribution in [1.29, 1.82) is 0 Å². The number of anilines is 1. The van der Waals surface area contributed by atoms with E-state index >= 15 is 0 Å². The van der Waals surface area contributed by atoms with Gasteiger partial charge in [0.1, 0.15) is 0 Å². The molecule has 2 aromatic carbocycles. The van der Waals surface area contributed by atoms with Gasteiger partial charge in [-0.1, -0.05) is 23.8 Å². The van der Waals surface area contributed by atoms with Crippen LogP contribution in [0.3, 0.4) is 0 Å². The maximum absolute atomic E-state index is 12.2. The van der Waals surface area contributed by atoms with Crippen molar-refractivity contribution in [3.8, 4) is 0 Å². The van der Waals surface area contributed by atoms with Crippen molar-refractivity contribution in [2.45, 2.75) is 18.7 Å². The molecule has 0 unspecified atom stereocenters. The lowest BCUT2D eigenvalue weighted by molar-refractivity contribution is -0.385. The van der Waals surface area contributed by atoms with E-state index < -0.39 is 14.9 Å². The van der Waals surface area contributed by atoms with Gasteiger partial charge in [0.05, 0.1) is 9.82 Å². The summed E-state index contributed by atoms with van der Waals surface area (Å²) in [5.41, 5.74) is 1.60. The van der Waals surface area contributed by atoms with Crippen LogP contribution in [0.2, 0.25) is 0 Å². The van der Waals surface area contributed by atoms with Gasteiger partial charge in [-0.25, -0.2) is 8.42 Å². The molecule has 0 heterocycles. The van der Waals surface area contributed by atoms with Gasteiger partial charge in [0.25, 0.3) is 15.7 Å². The van der Waals surface area contributed by atoms with E-state index in [0.717, 1.165) is 11.6 Å². The first-order valence-electron chi connectivity index (χ1n) is 6.14. The number of nitro benzene ring substituents is 1. The molecule has 0 radical (unpaired) electrons. The van der Waals surface area contributed by atoms with Gasteiger partial charge < -0.3 is 0 Å². The molecule has 0 amide bonds. The summed E-state index contributed by atoms with van der Waals surface area (Å²) in [6.45, 7) is 3.45. The summed E-state index contributed by atoms with van der Waals surface area (Å²) in [4.78, 5) is 10.2. The second kappa shape index (κ2) is 5.53. The summed E-state index contributed by atoms with van der Waals surface area (Å²) in [6.07, 6.45) is 0. The number of nitrogens with one attached hydrogen (secondary N) is 1. The first-order valence-corrected chi connectivity index (χ1v) is 7.62. The van der Waals surface area contributed by atoms with Crippen LogP contribution >= 0.6 is 0 Å². The van der Waals surface area contributed by atoms with E-state index in [-0.39, 0.29) is 10.6 Å². The van der Waals surface area contributed by atoms with Crippen LogP contribution in [0.4, 0.5) is 11.4 Å². The Morgan fingerprint density at radius 2 is 1.67 bits per heavy atom. The molecule has 7 heteroatoms. The van der Waals surface area contributed by atoms with Crippen LogP contribution in [0.5, 0.6) is 0 Å². The number of benzene rings is 2. The first kappa shape index (κ1) is 15.0. The Hall–Kier alpha value is -2.41. The standard InChI is InChI=1S/C14H14N2O4S/c1-10-3-6-12(7-4-10)15-21(19,20)13-8-5-11(2)14(9-13)16(17)18/h3-9,15H,1-2H3. The van der Waals surface area contributed by atoms with Crippen molar-refractivity contribution in [1.82, 2.24) is 0 Å². The maximum Gasteiger partial charge on any atom is 0.273 e. The fourth-order valence-electron chi connectivity index (χ4n) is 1.79. The average molecular weight is 306 g/mol. The van der Waals surface area contributed by atoms with E-state index in [1.165, 1.54) is 12.1 Å². The zero-order valence-corrected chi connectivity index (χ0v) is 12.3. The highest BCUT2D eigenvalue weighted by Gasteiger charge is 2.19. The van der Waals surface area contributed by atoms with E-state index in [1.807, 2.05) is 6.92 Å². The predicted molar refractivity (Wildman–Crippen MR) is 79.8 cm³/mol. The third kappa shape index (κ3) is 3.38. The Morgan fingerprint density at radius 1 is 1.05 bits per heavy atom. The minimum absolute atomic E-state index is 0.139. The van der Waals surface area contributed by atoms with Gasteiger partial charge in [0, 0.05) is 17.3 Å². The van der Waals surface area contributed by atoms with Gasteiger partial charge in [-0.3, -0.25) is 14.8 Å². The molecule has 0 fully saturated rings. The van der Waals surface area contributed by atoms with E-state index in [2.05, 4.69) is 4.72 Å². The summed E-state index contributed by atoms with van der Waals surface area (Å²) >= 11 is 0. The van der Waals surface area contributed by atoms with Crippen molar-refractivity contribution in [2.24, 2.45) is 0 Å². The SMILES string of the molecule is Cc1ccc(NS(=O)(=O)c2ccc(C)c([N+](=O)[O-])c2)cc1. The number of hydrogen-bond donors (Lipinski definition) is 1. The molecule has 110 valence electrons. The second-order valence-corrected chi connectivity index (χ2v) is 6.36. The maximum atomic E-state index is 12.2. The van der Waals surface area contributed by atoms with Crippen molar-refractivity contribution in [2.75, 3.05) is 4.72 Å². The van der Waals surface area contributed by atoms with Crippen LogP contribution in [-0.4, -0.2) is 13.3 Å². The monoisotopic (exact) mass is 306 g/mol. The number of rotatable bonds is 4. The Morgan fingerprint density at radius 3 is 2.24 bits per heavy atom. The third-order valence-corrected chi connectivity index (χ3v) is 4.37. The van der Waals surface area contributed by atoms with E-state index in [4.69, 9.17) is 0 Å². The molecule has 0 saturated heterocycles. The van der Waals surface area contributed by atoms with Crippen LogP contribution < -0.4 is 4.72 Å². The molecule has 0 aliphatic heterocycles. The molecule has 0 aliphatic rings. The normalized spacial score (nSPS) is 11.1. The van der Waals surface area contributed by atoms with Crippen LogP contribution in [0.15, 0.2) is 47.4 Å². The highest BCUT2D eigenvalue weighted by molar-refractivity contribution is 7.92. The summed E-state index contributed by atoms with van der Waals surface area (Å²) in [5, 5.41) is 10.9. The zero-order valence-electron chi connectivity index (χ0n) is 11.5. The van der Waals surface area contributed by atoms with Gasteiger partial charge in [0.2, 0.25) is 0 Å². The van der Waals surface area contributed by atoms with Crippen molar-refractivity contribution >= 4 is 21.4 Å². The lowest BCUT2D eigenvalue weighted by atomic mass is 10.2. The molecule has 0 aliphatic carbocycles. The van der Waals surface area contributed by atoms with Crippen LogP contribution in [-0.2, 0) is 10.0 Å². The minimum atomic E-state index is -3.85. The highest BCUT2D eigenvalue weighted by Crippen LogP contribution is 2.24. The summed E-state index contributed by atoms with van der Waals surface area (Å²) in [5.74, 6) is 0. The number of nitro groups is 1. The van der Waals surface area contributed by atoms with E-state index in [0.29, 0.717) is 11.3 Å². The molecule has 2 rings (SSSR count). The quantitative estimate of drug-likeness (QED) is 0.694. The molecule has 0 saturated carbocycles. The third-order valence-electron chi connectivity index (χ3n) is 2.99. The van der Waals surface area contributed by atoms with Crippen molar-refractivity contribution in [3.05, 3.63) is 63.7 Å². The lowest BCUT2D eigenvalue weighted by Gasteiger charge is -2.09. The molecule has 0 atom stereocenters. The molecular weight excluding hydrogens is 292 g/mol. The van der Waals surface area contributed by atoms with Gasteiger partial charge in [-0.2, -0.15) is 0 Å². The molecule has 2 aromatic rings. The van der Waals surface area contributed by atoms with Gasteiger partial charge in [0.15, 0.2) is 0 Å². The van der Waals surface area contributed by atoms with Crippen molar-refractivity contribution < 1.29 is 13.3 Å². The molecule has 6 nitrogen and oxygen atoms in total. The minimum Gasteiger partial charge on any atom is -0.280 e. The fraction of sp³-hybridized carbons (Fsp3) is 0.143. The van der Waals surface area contributed by atoms with Gasteiger partial charge in [-0.15, -0.1) is 0 Å². The van der Waals surface area contributed by atoms with Gasteiger partial charge >= 0.3 is 0 Å². The molecule has 0 spiro atoms. The largest absolute Gasteiger partial charge is 0.280 e. The summed E-state index contributed by atoms with van der Waals surface area (Å²) in [6, 6.07) is 10.6. The number of sulfonamides is 1. The molecular formula is C14H14N2O4S. The molecule has 0 aromatic heterocycles. The van der Waals surface area contributed by atoms with Crippen LogP contribution in [0.25, 0.3) is 0 Å². The van der Waals surface area contributed by atoms with E-state index in [9.17, 15) is 18.5 Å². The molecule has 0 bridgehead atoms. The Kier molecular flexibility index (Phi) is 3.95.